The minimum atomic E-state index is -3.18. The molecule has 0 fully saturated rings. The normalized spacial score (nSPS) is 14.6. The molecule has 1 amide bonds. The molecular weight excluding hydrogens is 280 g/mol. The van der Waals surface area contributed by atoms with Crippen LogP contribution in [0.4, 0.5) is 17.1 Å². The zero-order valence-corrected chi connectivity index (χ0v) is 12.0. The maximum atomic E-state index is 11.3. The molecule has 0 saturated carbocycles. The minimum Gasteiger partial charge on any atom is -0.397 e. The van der Waals surface area contributed by atoms with Gasteiger partial charge in [0.2, 0.25) is 15.9 Å². The summed E-state index contributed by atoms with van der Waals surface area (Å²) < 4.78 is 24.2. The number of amides is 1. The molecule has 1 aliphatic heterocycles. The van der Waals surface area contributed by atoms with Crippen LogP contribution in [0.3, 0.4) is 0 Å². The zero-order valence-electron chi connectivity index (χ0n) is 11.2. The first-order valence-electron chi connectivity index (χ1n) is 6.26. The number of aryl methyl sites for hydroxylation is 1. The molecule has 1 aromatic carbocycles. The van der Waals surface area contributed by atoms with Gasteiger partial charge in [0.25, 0.3) is 0 Å². The number of nitrogens with two attached hydrogens (primary N) is 1. The molecular formula is C12H18N4O3S. The van der Waals surface area contributed by atoms with E-state index in [4.69, 9.17) is 5.73 Å². The smallest absolute Gasteiger partial charge is 0.224 e. The Balaban J connectivity index is 2.00. The van der Waals surface area contributed by atoms with Gasteiger partial charge in [-0.25, -0.2) is 13.1 Å². The maximum Gasteiger partial charge on any atom is 0.224 e. The maximum absolute atomic E-state index is 11.3. The molecule has 7 nitrogen and oxygen atoms in total. The van der Waals surface area contributed by atoms with E-state index in [1.807, 2.05) is 6.07 Å². The van der Waals surface area contributed by atoms with Crippen LogP contribution in [-0.2, 0) is 21.2 Å². The average molecular weight is 298 g/mol. The summed E-state index contributed by atoms with van der Waals surface area (Å²) in [4.78, 5) is 11.3. The van der Waals surface area contributed by atoms with E-state index in [2.05, 4.69) is 15.4 Å². The van der Waals surface area contributed by atoms with Crippen LogP contribution in [0.1, 0.15) is 12.0 Å². The number of nitrogen functional groups attached to an aromatic ring is 1. The summed E-state index contributed by atoms with van der Waals surface area (Å²) in [5.41, 5.74) is 8.94. The van der Waals surface area contributed by atoms with Gasteiger partial charge in [0, 0.05) is 25.2 Å². The number of carbonyl (C=O) groups is 1. The minimum absolute atomic E-state index is 0.00467. The SMILES string of the molecule is CS(=O)(=O)NCCNc1cc2c(cc1N)NC(=O)CC2. The average Bonchev–Trinajstić information content (AvgIpc) is 2.34. The third-order valence-corrected chi connectivity index (χ3v) is 3.70. The van der Waals surface area contributed by atoms with E-state index in [1.54, 1.807) is 6.07 Å². The first kappa shape index (κ1) is 14.6. The molecule has 1 aliphatic rings. The van der Waals surface area contributed by atoms with Crippen molar-refractivity contribution >= 4 is 33.0 Å². The van der Waals surface area contributed by atoms with Crippen LogP contribution in [0, 0.1) is 0 Å². The van der Waals surface area contributed by atoms with E-state index in [1.165, 1.54) is 0 Å². The lowest BCUT2D eigenvalue weighted by Gasteiger charge is -2.19. The fraction of sp³-hybridized carbons (Fsp3) is 0.417. The number of anilines is 3. The van der Waals surface area contributed by atoms with E-state index in [9.17, 15) is 13.2 Å². The third kappa shape index (κ3) is 3.84. The quantitative estimate of drug-likeness (QED) is 0.455. The standard InChI is InChI=1S/C12H18N4O3S/c1-20(18,19)15-5-4-14-11-6-8-2-3-12(17)16-10(8)7-9(11)13/h6-7,14-15H,2-5,13H2,1H3,(H,16,17). The molecule has 20 heavy (non-hydrogen) atoms. The second kappa shape index (κ2) is 5.68. The lowest BCUT2D eigenvalue weighted by molar-refractivity contribution is -0.116. The van der Waals surface area contributed by atoms with Crippen molar-refractivity contribution in [3.63, 3.8) is 0 Å². The molecule has 5 N–H and O–H groups in total. The van der Waals surface area contributed by atoms with Crippen molar-refractivity contribution in [2.24, 2.45) is 0 Å². The predicted octanol–water partition coefficient (Wildman–Crippen LogP) is 0.115. The highest BCUT2D eigenvalue weighted by atomic mass is 32.2. The van der Waals surface area contributed by atoms with Gasteiger partial charge >= 0.3 is 0 Å². The highest BCUT2D eigenvalue weighted by Crippen LogP contribution is 2.30. The van der Waals surface area contributed by atoms with Gasteiger partial charge in [0.1, 0.15) is 0 Å². The van der Waals surface area contributed by atoms with Crippen LogP contribution in [-0.4, -0.2) is 33.7 Å². The summed E-state index contributed by atoms with van der Waals surface area (Å²) in [6.45, 7) is 0.717. The van der Waals surface area contributed by atoms with E-state index >= 15 is 0 Å². The van der Waals surface area contributed by atoms with Crippen molar-refractivity contribution in [3.8, 4) is 0 Å². The fourth-order valence-corrected chi connectivity index (χ4v) is 2.50. The molecule has 0 aromatic heterocycles. The first-order chi connectivity index (χ1) is 9.35. The van der Waals surface area contributed by atoms with Crippen molar-refractivity contribution < 1.29 is 13.2 Å². The predicted molar refractivity (Wildman–Crippen MR) is 79.1 cm³/mol. The highest BCUT2D eigenvalue weighted by Gasteiger charge is 2.16. The van der Waals surface area contributed by atoms with Crippen molar-refractivity contribution in [2.75, 3.05) is 35.7 Å². The molecule has 0 radical (unpaired) electrons. The third-order valence-electron chi connectivity index (χ3n) is 2.98. The molecule has 0 unspecified atom stereocenters. The molecule has 0 aliphatic carbocycles. The Kier molecular flexibility index (Phi) is 4.15. The second-order valence-corrected chi connectivity index (χ2v) is 6.57. The van der Waals surface area contributed by atoms with Crippen LogP contribution in [0.2, 0.25) is 0 Å². The Morgan fingerprint density at radius 1 is 1.30 bits per heavy atom. The Morgan fingerprint density at radius 2 is 2.05 bits per heavy atom. The summed E-state index contributed by atoms with van der Waals surface area (Å²) in [5.74, 6) is -0.00467. The number of fused-ring (bicyclic) bond motifs is 1. The highest BCUT2D eigenvalue weighted by molar-refractivity contribution is 7.88. The van der Waals surface area contributed by atoms with Crippen molar-refractivity contribution in [1.29, 1.82) is 0 Å². The van der Waals surface area contributed by atoms with Gasteiger partial charge in [-0.1, -0.05) is 0 Å². The molecule has 0 spiro atoms. The van der Waals surface area contributed by atoms with Crippen molar-refractivity contribution in [3.05, 3.63) is 17.7 Å². The van der Waals surface area contributed by atoms with Crippen LogP contribution >= 0.6 is 0 Å². The Morgan fingerprint density at radius 3 is 2.75 bits per heavy atom. The number of hydrogen-bond acceptors (Lipinski definition) is 5. The van der Waals surface area contributed by atoms with E-state index < -0.39 is 10.0 Å². The van der Waals surface area contributed by atoms with Crippen LogP contribution in [0.25, 0.3) is 0 Å². The van der Waals surface area contributed by atoms with Gasteiger partial charge < -0.3 is 16.4 Å². The Bertz CT molecular complexity index is 628. The van der Waals surface area contributed by atoms with Gasteiger partial charge in [-0.15, -0.1) is 0 Å². The molecule has 1 aromatic rings. The first-order valence-corrected chi connectivity index (χ1v) is 8.15. The van der Waals surface area contributed by atoms with Gasteiger partial charge in [-0.05, 0) is 24.1 Å². The molecule has 2 rings (SSSR count). The lowest BCUT2D eigenvalue weighted by atomic mass is 10.0. The summed E-state index contributed by atoms with van der Waals surface area (Å²) in [6, 6.07) is 3.61. The number of benzene rings is 1. The molecule has 8 heteroatoms. The number of carbonyl (C=O) groups excluding carboxylic acids is 1. The van der Waals surface area contributed by atoms with E-state index in [-0.39, 0.29) is 12.5 Å². The zero-order chi connectivity index (χ0) is 14.8. The van der Waals surface area contributed by atoms with Crippen LogP contribution < -0.4 is 21.1 Å². The van der Waals surface area contributed by atoms with Crippen LogP contribution in [0.5, 0.6) is 0 Å². The van der Waals surface area contributed by atoms with Gasteiger partial charge in [-0.2, -0.15) is 0 Å². The second-order valence-electron chi connectivity index (χ2n) is 4.74. The van der Waals surface area contributed by atoms with Gasteiger partial charge in [0.15, 0.2) is 0 Å². The molecule has 0 saturated heterocycles. The van der Waals surface area contributed by atoms with Gasteiger partial charge in [-0.3, -0.25) is 4.79 Å². The lowest BCUT2D eigenvalue weighted by Crippen LogP contribution is -2.28. The number of rotatable bonds is 5. The van der Waals surface area contributed by atoms with Gasteiger partial charge in [0.05, 0.1) is 17.6 Å². The number of hydrogen-bond donors (Lipinski definition) is 4. The fourth-order valence-electron chi connectivity index (χ4n) is 2.03. The Hall–Kier alpha value is -1.80. The van der Waals surface area contributed by atoms with E-state index in [0.717, 1.165) is 23.2 Å². The van der Waals surface area contributed by atoms with E-state index in [0.29, 0.717) is 25.1 Å². The Labute approximate surface area is 118 Å². The van der Waals surface area contributed by atoms with Crippen molar-refractivity contribution in [1.82, 2.24) is 4.72 Å². The largest absolute Gasteiger partial charge is 0.397 e. The molecule has 0 bridgehead atoms. The summed E-state index contributed by atoms with van der Waals surface area (Å²) in [6.07, 6.45) is 2.26. The molecule has 110 valence electrons. The topological polar surface area (TPSA) is 113 Å². The van der Waals surface area contributed by atoms with Crippen molar-refractivity contribution in [2.45, 2.75) is 12.8 Å². The number of sulfonamides is 1. The summed E-state index contributed by atoms with van der Waals surface area (Å²) >= 11 is 0. The summed E-state index contributed by atoms with van der Waals surface area (Å²) in [5, 5.41) is 5.86. The molecule has 1 heterocycles. The monoisotopic (exact) mass is 298 g/mol. The number of nitrogens with one attached hydrogen (secondary N) is 3. The summed E-state index contributed by atoms with van der Waals surface area (Å²) in [7, 11) is -3.18. The van der Waals surface area contributed by atoms with Crippen LogP contribution in [0.15, 0.2) is 12.1 Å². The molecule has 0 atom stereocenters.